The number of aryl methyl sites for hydroxylation is 1. The summed E-state index contributed by atoms with van der Waals surface area (Å²) in [7, 11) is 0. The van der Waals surface area contributed by atoms with Gasteiger partial charge in [-0.3, -0.25) is 0 Å². The fourth-order valence-electron chi connectivity index (χ4n) is 0.799. The molecule has 0 aromatic carbocycles. The molecule has 0 unspecified atom stereocenters. The molecule has 0 N–H and O–H groups in total. The van der Waals surface area contributed by atoms with Crippen LogP contribution in [0.25, 0.3) is 0 Å². The summed E-state index contributed by atoms with van der Waals surface area (Å²) in [5.74, 6) is 0.255. The topological polar surface area (TPSA) is 22.1 Å². The smallest absolute Gasteiger partial charge is 0.213 e. The quantitative estimate of drug-likeness (QED) is 0.719. The highest BCUT2D eigenvalue weighted by molar-refractivity contribution is 5.16. The maximum Gasteiger partial charge on any atom is 0.213 e. The molecule has 0 spiro atoms. The average molecular weight is 187 g/mol. The Kier molecular flexibility index (Phi) is 3.61. The van der Waals surface area contributed by atoms with Crippen molar-refractivity contribution in [3.8, 4) is 5.88 Å². The molecule has 0 saturated carbocycles. The molecule has 1 aromatic heterocycles. The number of aromatic nitrogens is 1. The van der Waals surface area contributed by atoms with Gasteiger partial charge in [-0.15, -0.1) is 0 Å². The van der Waals surface area contributed by atoms with E-state index in [2.05, 4.69) is 4.98 Å². The minimum atomic E-state index is -1.03. The van der Waals surface area contributed by atoms with Gasteiger partial charge < -0.3 is 4.74 Å². The molecule has 0 saturated heterocycles. The summed E-state index contributed by atoms with van der Waals surface area (Å²) in [5.41, 5.74) is 0.976. The molecular formula is C9H11F2NO. The van der Waals surface area contributed by atoms with Gasteiger partial charge in [-0.05, 0) is 12.5 Å². The van der Waals surface area contributed by atoms with Crippen molar-refractivity contribution in [1.29, 1.82) is 0 Å². The van der Waals surface area contributed by atoms with Gasteiger partial charge in [0.15, 0.2) is 6.10 Å². The number of pyridine rings is 1. The maximum absolute atomic E-state index is 12.0. The van der Waals surface area contributed by atoms with Crippen molar-refractivity contribution in [2.75, 3.05) is 13.3 Å². The lowest BCUT2D eigenvalue weighted by Gasteiger charge is -2.10. The van der Waals surface area contributed by atoms with Crippen LogP contribution < -0.4 is 4.74 Å². The van der Waals surface area contributed by atoms with Crippen molar-refractivity contribution < 1.29 is 13.5 Å². The second kappa shape index (κ2) is 4.74. The molecular weight excluding hydrogens is 176 g/mol. The van der Waals surface area contributed by atoms with Crippen molar-refractivity contribution in [2.45, 2.75) is 13.0 Å². The first-order valence-electron chi connectivity index (χ1n) is 3.97. The molecule has 0 radical (unpaired) electrons. The lowest BCUT2D eigenvalue weighted by Crippen LogP contribution is -2.21. The second-order valence-electron chi connectivity index (χ2n) is 2.72. The summed E-state index contributed by atoms with van der Waals surface area (Å²) >= 11 is 0. The first-order chi connectivity index (χ1) is 6.26. The third-order valence-corrected chi connectivity index (χ3v) is 1.52. The number of halogens is 2. The van der Waals surface area contributed by atoms with E-state index in [0.717, 1.165) is 5.56 Å². The number of ether oxygens (including phenoxy) is 1. The Labute approximate surface area is 75.6 Å². The molecule has 72 valence electrons. The van der Waals surface area contributed by atoms with Crippen LogP contribution in [0, 0.1) is 6.92 Å². The van der Waals surface area contributed by atoms with Gasteiger partial charge >= 0.3 is 0 Å². The minimum absolute atomic E-state index is 0.255. The monoisotopic (exact) mass is 187 g/mol. The molecule has 0 atom stereocenters. The van der Waals surface area contributed by atoms with Crippen LogP contribution in [0.5, 0.6) is 5.88 Å². The summed E-state index contributed by atoms with van der Waals surface area (Å²) in [6.07, 6.45) is 0.554. The Balaban J connectivity index is 2.58. The summed E-state index contributed by atoms with van der Waals surface area (Å²) in [6, 6.07) is 3.36. The largest absolute Gasteiger partial charge is 0.469 e. The van der Waals surface area contributed by atoms with E-state index in [0.29, 0.717) is 0 Å². The Morgan fingerprint density at radius 3 is 2.54 bits per heavy atom. The average Bonchev–Trinajstić information content (AvgIpc) is 2.17. The van der Waals surface area contributed by atoms with Crippen LogP contribution in [-0.2, 0) is 0 Å². The number of alkyl halides is 2. The third-order valence-electron chi connectivity index (χ3n) is 1.52. The molecule has 1 aromatic rings. The van der Waals surface area contributed by atoms with Crippen molar-refractivity contribution in [1.82, 2.24) is 4.98 Å². The van der Waals surface area contributed by atoms with Gasteiger partial charge in [0.1, 0.15) is 13.3 Å². The van der Waals surface area contributed by atoms with Gasteiger partial charge in [0, 0.05) is 12.3 Å². The predicted molar refractivity (Wildman–Crippen MR) is 45.3 cm³/mol. The first-order valence-corrected chi connectivity index (χ1v) is 3.97. The van der Waals surface area contributed by atoms with Gasteiger partial charge in [-0.25, -0.2) is 13.8 Å². The molecule has 13 heavy (non-hydrogen) atoms. The highest BCUT2D eigenvalue weighted by Gasteiger charge is 2.09. The molecule has 0 fully saturated rings. The summed E-state index contributed by atoms with van der Waals surface area (Å²) in [5, 5.41) is 0. The summed E-state index contributed by atoms with van der Waals surface area (Å²) < 4.78 is 29.0. The zero-order chi connectivity index (χ0) is 9.68. The highest BCUT2D eigenvalue weighted by Crippen LogP contribution is 2.09. The van der Waals surface area contributed by atoms with Crippen LogP contribution >= 0.6 is 0 Å². The second-order valence-corrected chi connectivity index (χ2v) is 2.72. The van der Waals surface area contributed by atoms with E-state index in [1.54, 1.807) is 18.3 Å². The summed E-state index contributed by atoms with van der Waals surface area (Å²) in [6.45, 7) is 0.191. The Morgan fingerprint density at radius 2 is 2.08 bits per heavy atom. The lowest BCUT2D eigenvalue weighted by atomic mass is 10.3. The maximum atomic E-state index is 12.0. The van der Waals surface area contributed by atoms with Crippen LogP contribution in [0.4, 0.5) is 8.78 Å². The Bertz CT molecular complexity index is 246. The van der Waals surface area contributed by atoms with Crippen molar-refractivity contribution in [3.05, 3.63) is 23.9 Å². The zero-order valence-electron chi connectivity index (χ0n) is 7.34. The van der Waals surface area contributed by atoms with E-state index in [9.17, 15) is 8.78 Å². The van der Waals surface area contributed by atoms with Gasteiger partial charge in [0.2, 0.25) is 5.88 Å². The number of hydrogen-bond donors (Lipinski definition) is 0. The van der Waals surface area contributed by atoms with Gasteiger partial charge in [-0.1, -0.05) is 6.07 Å². The highest BCUT2D eigenvalue weighted by atomic mass is 19.1. The van der Waals surface area contributed by atoms with Crippen molar-refractivity contribution in [3.63, 3.8) is 0 Å². The standard InChI is InChI=1S/C9H11F2NO/c1-7-2-3-9(12-6-7)13-8(4-10)5-11/h2-3,6,8H,4-5H2,1H3. The number of nitrogens with zero attached hydrogens (tertiary/aromatic N) is 1. The zero-order valence-corrected chi connectivity index (χ0v) is 7.34. The minimum Gasteiger partial charge on any atom is -0.469 e. The fourth-order valence-corrected chi connectivity index (χ4v) is 0.799. The van der Waals surface area contributed by atoms with E-state index >= 15 is 0 Å². The van der Waals surface area contributed by atoms with E-state index in [4.69, 9.17) is 4.74 Å². The SMILES string of the molecule is Cc1ccc(OC(CF)CF)nc1. The molecule has 4 heteroatoms. The molecule has 1 heterocycles. The molecule has 0 aliphatic carbocycles. The van der Waals surface area contributed by atoms with Crippen molar-refractivity contribution in [2.24, 2.45) is 0 Å². The molecule has 0 aliphatic heterocycles. The molecule has 0 aliphatic rings. The van der Waals surface area contributed by atoms with E-state index in [-0.39, 0.29) is 5.88 Å². The van der Waals surface area contributed by atoms with Gasteiger partial charge in [0.05, 0.1) is 0 Å². The van der Waals surface area contributed by atoms with E-state index in [1.807, 2.05) is 6.92 Å². The van der Waals surface area contributed by atoms with E-state index < -0.39 is 19.5 Å². The Hall–Kier alpha value is -1.19. The number of rotatable bonds is 4. The van der Waals surface area contributed by atoms with Crippen LogP contribution in [0.15, 0.2) is 18.3 Å². The first kappa shape index (κ1) is 9.89. The fraction of sp³-hybridized carbons (Fsp3) is 0.444. The normalized spacial score (nSPS) is 10.5. The summed E-state index contributed by atoms with van der Waals surface area (Å²) in [4.78, 5) is 3.86. The third kappa shape index (κ3) is 2.97. The van der Waals surface area contributed by atoms with Crippen LogP contribution in [0.3, 0.4) is 0 Å². The Morgan fingerprint density at radius 1 is 1.38 bits per heavy atom. The van der Waals surface area contributed by atoms with Gasteiger partial charge in [-0.2, -0.15) is 0 Å². The van der Waals surface area contributed by atoms with Crippen LogP contribution in [0.2, 0.25) is 0 Å². The number of hydrogen-bond acceptors (Lipinski definition) is 2. The lowest BCUT2D eigenvalue weighted by molar-refractivity contribution is 0.128. The van der Waals surface area contributed by atoms with E-state index in [1.165, 1.54) is 0 Å². The molecule has 0 amide bonds. The van der Waals surface area contributed by atoms with Crippen LogP contribution in [-0.4, -0.2) is 24.4 Å². The molecule has 0 bridgehead atoms. The van der Waals surface area contributed by atoms with Gasteiger partial charge in [0.25, 0.3) is 0 Å². The molecule has 1 rings (SSSR count). The predicted octanol–water partition coefficient (Wildman–Crippen LogP) is 2.08. The van der Waals surface area contributed by atoms with Crippen LogP contribution in [0.1, 0.15) is 5.56 Å². The van der Waals surface area contributed by atoms with Crippen molar-refractivity contribution >= 4 is 0 Å². The molecule has 2 nitrogen and oxygen atoms in total.